The Morgan fingerprint density at radius 3 is 2.95 bits per heavy atom. The van der Waals surface area contributed by atoms with Gasteiger partial charge in [-0.2, -0.15) is 0 Å². The van der Waals surface area contributed by atoms with Crippen LogP contribution in [-0.2, 0) is 6.42 Å². The average molecular weight is 278 g/mol. The number of nitrogens with zero attached hydrogens (tertiary/aromatic N) is 2. The summed E-state index contributed by atoms with van der Waals surface area (Å²) in [5, 5.41) is 0. The molecule has 0 radical (unpaired) electrons. The van der Waals surface area contributed by atoms with Crippen molar-refractivity contribution in [3.05, 3.63) is 54.2 Å². The van der Waals surface area contributed by atoms with Crippen LogP contribution in [0.5, 0.6) is 5.75 Å². The second-order valence-corrected chi connectivity index (χ2v) is 4.43. The number of aromatic nitrogens is 2. The summed E-state index contributed by atoms with van der Waals surface area (Å²) in [6.45, 7) is 0. The smallest absolute Gasteiger partial charge is 0.196 e. The van der Waals surface area contributed by atoms with Gasteiger partial charge in [-0.1, -0.05) is 18.1 Å². The Kier molecular flexibility index (Phi) is 3.83. The van der Waals surface area contributed by atoms with E-state index >= 15 is 0 Å². The molecular formula is C17H14N2O2. The minimum atomic E-state index is 0.664. The van der Waals surface area contributed by atoms with Crippen LogP contribution in [0.1, 0.15) is 18.0 Å². The average Bonchev–Trinajstić information content (AvgIpc) is 2.95. The maximum absolute atomic E-state index is 5.72. The van der Waals surface area contributed by atoms with E-state index in [1.165, 1.54) is 0 Å². The topological polar surface area (TPSA) is 48.2 Å². The summed E-state index contributed by atoms with van der Waals surface area (Å²) in [6, 6.07) is 11.3. The van der Waals surface area contributed by atoms with Crippen molar-refractivity contribution in [2.24, 2.45) is 0 Å². The van der Waals surface area contributed by atoms with E-state index in [4.69, 9.17) is 9.15 Å². The fourth-order valence-corrected chi connectivity index (χ4v) is 2.00. The van der Waals surface area contributed by atoms with E-state index in [0.29, 0.717) is 30.1 Å². The first-order chi connectivity index (χ1) is 10.4. The number of aryl methyl sites for hydroxylation is 1. The van der Waals surface area contributed by atoms with Gasteiger partial charge in [0, 0.05) is 19.0 Å². The quantitative estimate of drug-likeness (QED) is 0.690. The van der Waals surface area contributed by atoms with E-state index < -0.39 is 0 Å². The van der Waals surface area contributed by atoms with Crippen LogP contribution in [0.2, 0.25) is 0 Å². The molecule has 0 saturated heterocycles. The fourth-order valence-electron chi connectivity index (χ4n) is 2.00. The highest BCUT2D eigenvalue weighted by molar-refractivity contribution is 5.79. The van der Waals surface area contributed by atoms with Gasteiger partial charge in [0.1, 0.15) is 11.2 Å². The highest BCUT2D eigenvalue weighted by atomic mass is 16.5. The molecule has 2 heterocycles. The summed E-state index contributed by atoms with van der Waals surface area (Å²) in [5.41, 5.74) is 2.27. The van der Waals surface area contributed by atoms with Crippen LogP contribution in [-0.4, -0.2) is 17.1 Å². The van der Waals surface area contributed by atoms with E-state index in [1.807, 2.05) is 36.4 Å². The number of benzene rings is 1. The first-order valence-electron chi connectivity index (χ1n) is 6.69. The molecule has 0 unspecified atom stereocenters. The normalized spacial score (nSPS) is 10.1. The molecule has 104 valence electrons. The summed E-state index contributed by atoms with van der Waals surface area (Å²) in [6.07, 6.45) is 3.07. The number of rotatable bonds is 3. The van der Waals surface area contributed by atoms with E-state index in [2.05, 4.69) is 21.8 Å². The fraction of sp³-hybridized carbons (Fsp3) is 0.176. The summed E-state index contributed by atoms with van der Waals surface area (Å²) < 4.78 is 11.0. The highest BCUT2D eigenvalue weighted by Crippen LogP contribution is 2.26. The molecule has 0 spiro atoms. The van der Waals surface area contributed by atoms with Crippen molar-refractivity contribution in [3.63, 3.8) is 0 Å². The Bertz CT molecular complexity index is 798. The van der Waals surface area contributed by atoms with Gasteiger partial charge >= 0.3 is 0 Å². The SMILES string of the molecule is COc1cccc2nc(CCC#Cc3ccccn3)oc12. The Morgan fingerprint density at radius 2 is 2.14 bits per heavy atom. The third-order valence-corrected chi connectivity index (χ3v) is 2.99. The number of hydrogen-bond donors (Lipinski definition) is 0. The predicted molar refractivity (Wildman–Crippen MR) is 80.0 cm³/mol. The Balaban J connectivity index is 1.70. The maximum Gasteiger partial charge on any atom is 0.196 e. The van der Waals surface area contributed by atoms with Crippen molar-refractivity contribution in [2.45, 2.75) is 12.8 Å². The summed E-state index contributed by atoms with van der Waals surface area (Å²) in [4.78, 5) is 8.59. The Morgan fingerprint density at radius 1 is 1.19 bits per heavy atom. The van der Waals surface area contributed by atoms with E-state index in [-0.39, 0.29) is 0 Å². The molecule has 0 aliphatic carbocycles. The van der Waals surface area contributed by atoms with Crippen molar-refractivity contribution < 1.29 is 9.15 Å². The lowest BCUT2D eigenvalue weighted by Gasteiger charge is -1.97. The molecule has 0 bridgehead atoms. The number of oxazole rings is 1. The minimum Gasteiger partial charge on any atom is -0.493 e. The molecule has 0 aliphatic rings. The number of hydrogen-bond acceptors (Lipinski definition) is 4. The van der Waals surface area contributed by atoms with E-state index in [1.54, 1.807) is 13.3 Å². The van der Waals surface area contributed by atoms with Gasteiger partial charge < -0.3 is 9.15 Å². The first kappa shape index (κ1) is 13.2. The molecule has 0 atom stereocenters. The lowest BCUT2D eigenvalue weighted by molar-refractivity contribution is 0.407. The van der Waals surface area contributed by atoms with Gasteiger partial charge in [-0.3, -0.25) is 0 Å². The molecule has 4 heteroatoms. The molecule has 0 amide bonds. The molecule has 21 heavy (non-hydrogen) atoms. The van der Waals surface area contributed by atoms with Crippen LogP contribution in [0.15, 0.2) is 47.0 Å². The minimum absolute atomic E-state index is 0.664. The van der Waals surface area contributed by atoms with E-state index in [9.17, 15) is 0 Å². The number of ether oxygens (including phenoxy) is 1. The summed E-state index contributed by atoms with van der Waals surface area (Å²) in [7, 11) is 1.62. The molecule has 2 aromatic heterocycles. The number of para-hydroxylation sites is 1. The number of methoxy groups -OCH3 is 1. The Labute approximate surface area is 122 Å². The first-order valence-corrected chi connectivity index (χ1v) is 6.69. The van der Waals surface area contributed by atoms with Crippen molar-refractivity contribution in [2.75, 3.05) is 7.11 Å². The van der Waals surface area contributed by atoms with E-state index in [0.717, 1.165) is 11.2 Å². The number of pyridine rings is 1. The van der Waals surface area contributed by atoms with Crippen LogP contribution in [0.25, 0.3) is 11.1 Å². The zero-order chi connectivity index (χ0) is 14.5. The van der Waals surface area contributed by atoms with Crippen LogP contribution in [0.4, 0.5) is 0 Å². The molecule has 3 rings (SSSR count). The molecule has 3 aromatic rings. The van der Waals surface area contributed by atoms with Gasteiger partial charge in [0.2, 0.25) is 0 Å². The lowest BCUT2D eigenvalue weighted by Crippen LogP contribution is -1.83. The lowest BCUT2D eigenvalue weighted by atomic mass is 10.3. The molecule has 0 saturated carbocycles. The van der Waals surface area contributed by atoms with Crippen molar-refractivity contribution >= 4 is 11.1 Å². The van der Waals surface area contributed by atoms with Gasteiger partial charge in [0.15, 0.2) is 17.2 Å². The third kappa shape index (κ3) is 3.03. The van der Waals surface area contributed by atoms with Crippen molar-refractivity contribution in [1.29, 1.82) is 0 Å². The largest absolute Gasteiger partial charge is 0.493 e. The van der Waals surface area contributed by atoms with Crippen LogP contribution in [0, 0.1) is 11.8 Å². The standard InChI is InChI=1S/C17H14N2O2/c1-20-15-10-6-9-14-17(15)21-16(19-14)11-3-2-7-13-8-4-5-12-18-13/h4-6,8-10,12H,3,11H2,1H3. The second-order valence-electron chi connectivity index (χ2n) is 4.43. The highest BCUT2D eigenvalue weighted by Gasteiger charge is 2.09. The zero-order valence-electron chi connectivity index (χ0n) is 11.7. The predicted octanol–water partition coefficient (Wildman–Crippen LogP) is 3.22. The monoisotopic (exact) mass is 278 g/mol. The molecular weight excluding hydrogens is 264 g/mol. The molecule has 4 nitrogen and oxygen atoms in total. The van der Waals surface area contributed by atoms with Gasteiger partial charge in [-0.15, -0.1) is 0 Å². The summed E-state index contributed by atoms with van der Waals surface area (Å²) >= 11 is 0. The molecule has 0 aliphatic heterocycles. The number of fused-ring (bicyclic) bond motifs is 1. The van der Waals surface area contributed by atoms with Gasteiger partial charge in [0.05, 0.1) is 7.11 Å². The third-order valence-electron chi connectivity index (χ3n) is 2.99. The summed E-state index contributed by atoms with van der Waals surface area (Å²) in [5.74, 6) is 7.47. The second kappa shape index (κ2) is 6.10. The van der Waals surface area contributed by atoms with Crippen molar-refractivity contribution in [3.8, 4) is 17.6 Å². The Hall–Kier alpha value is -2.80. The van der Waals surface area contributed by atoms with Crippen LogP contribution in [0.3, 0.4) is 0 Å². The molecule has 1 aromatic carbocycles. The molecule has 0 fully saturated rings. The van der Waals surface area contributed by atoms with Gasteiger partial charge in [-0.05, 0) is 30.2 Å². The molecule has 0 N–H and O–H groups in total. The van der Waals surface area contributed by atoms with Gasteiger partial charge in [-0.25, -0.2) is 9.97 Å². The van der Waals surface area contributed by atoms with Crippen LogP contribution >= 0.6 is 0 Å². The van der Waals surface area contributed by atoms with Gasteiger partial charge in [0.25, 0.3) is 0 Å². The van der Waals surface area contributed by atoms with Crippen molar-refractivity contribution in [1.82, 2.24) is 9.97 Å². The van der Waals surface area contributed by atoms with Crippen LogP contribution < -0.4 is 4.74 Å². The zero-order valence-corrected chi connectivity index (χ0v) is 11.7. The maximum atomic E-state index is 5.72.